The van der Waals surface area contributed by atoms with E-state index in [9.17, 15) is 0 Å². The summed E-state index contributed by atoms with van der Waals surface area (Å²) in [7, 11) is 0. The highest BCUT2D eigenvalue weighted by molar-refractivity contribution is 5.93. The highest BCUT2D eigenvalue weighted by Crippen LogP contribution is 2.57. The second-order valence-electron chi connectivity index (χ2n) is 14.8. The smallest absolute Gasteiger partial charge is 0.0714 e. The lowest BCUT2D eigenvalue weighted by Gasteiger charge is -2.34. The molecule has 0 amide bonds. The van der Waals surface area contributed by atoms with Crippen LogP contribution in [0.1, 0.15) is 59.6 Å². The van der Waals surface area contributed by atoms with Gasteiger partial charge in [-0.05, 0) is 145 Å². The predicted octanol–water partition coefficient (Wildman–Crippen LogP) is 12.9. The van der Waals surface area contributed by atoms with Gasteiger partial charge in [-0.25, -0.2) is 0 Å². The molecule has 8 aromatic rings. The molecule has 8 aromatic carbocycles. The Morgan fingerprint density at radius 3 is 1.28 bits per heavy atom. The van der Waals surface area contributed by atoms with Crippen LogP contribution in [-0.2, 0) is 18.3 Å². The van der Waals surface area contributed by atoms with Crippen molar-refractivity contribution in [2.75, 3.05) is 6.54 Å². The summed E-state index contributed by atoms with van der Waals surface area (Å²) in [5, 5.41) is 5.04. The van der Waals surface area contributed by atoms with Gasteiger partial charge in [-0.2, -0.15) is 0 Å². The van der Waals surface area contributed by atoms with Crippen molar-refractivity contribution in [2.45, 2.75) is 44.4 Å². The molecular formula is C52H45N. The molecule has 1 nitrogen and oxygen atoms in total. The molecule has 258 valence electrons. The third-order valence-electron chi connectivity index (χ3n) is 11.6. The van der Waals surface area contributed by atoms with Crippen LogP contribution >= 0.6 is 0 Å². The summed E-state index contributed by atoms with van der Waals surface area (Å²) in [6.07, 6.45) is 5.47. The monoisotopic (exact) mass is 683 g/mol. The minimum absolute atomic E-state index is 0.514. The first kappa shape index (κ1) is 33.1. The number of rotatable bonds is 10. The molecule has 1 aliphatic carbocycles. The van der Waals surface area contributed by atoms with Gasteiger partial charge in [0.15, 0.2) is 0 Å². The third-order valence-corrected chi connectivity index (χ3v) is 11.6. The molecular weight excluding hydrogens is 639 g/mol. The fourth-order valence-corrected chi connectivity index (χ4v) is 8.74. The Hall–Kier alpha value is -5.76. The molecule has 0 fully saturated rings. The lowest BCUT2D eigenvalue weighted by atomic mass is 9.67. The lowest BCUT2D eigenvalue weighted by Crippen LogP contribution is -2.28. The molecule has 0 atom stereocenters. The summed E-state index contributed by atoms with van der Waals surface area (Å²) in [4.78, 5) is 0. The Kier molecular flexibility index (Phi) is 8.74. The summed E-state index contributed by atoms with van der Waals surface area (Å²) in [6, 6.07) is 64.5. The number of unbranched alkanes of at least 4 members (excludes halogenated alkanes) is 1. The number of aryl methyl sites for hydroxylation is 2. The van der Waals surface area contributed by atoms with Crippen LogP contribution in [0.3, 0.4) is 0 Å². The summed E-state index contributed by atoms with van der Waals surface area (Å²) < 4.78 is 0. The molecule has 0 aromatic heterocycles. The molecule has 2 N–H and O–H groups in total. The van der Waals surface area contributed by atoms with E-state index < -0.39 is 5.41 Å². The Labute approximate surface area is 313 Å². The Morgan fingerprint density at radius 2 is 0.830 bits per heavy atom. The zero-order valence-electron chi connectivity index (χ0n) is 30.5. The van der Waals surface area contributed by atoms with Crippen LogP contribution in [0.4, 0.5) is 0 Å². The second kappa shape index (κ2) is 14.0. The summed E-state index contributed by atoms with van der Waals surface area (Å²) in [6.45, 7) is 2.97. The average Bonchev–Trinajstić information content (AvgIpc) is 3.51. The first-order valence-corrected chi connectivity index (χ1v) is 19.3. The highest BCUT2D eigenvalue weighted by Gasteiger charge is 2.46. The van der Waals surface area contributed by atoms with Crippen molar-refractivity contribution in [1.82, 2.24) is 0 Å². The van der Waals surface area contributed by atoms with E-state index >= 15 is 0 Å². The SMILES string of the molecule is CCCCc1ccc(C2(c3ccc(CCCN)cc3)c3cc(-c4ccc5ccccc5c4)ccc3-c3ccc(-c4ccc5ccccc5c4)cc32)cc1. The Bertz CT molecular complexity index is 2390. The maximum Gasteiger partial charge on any atom is 0.0714 e. The second-order valence-corrected chi connectivity index (χ2v) is 14.8. The molecule has 0 aliphatic heterocycles. The Balaban J connectivity index is 1.30. The third kappa shape index (κ3) is 5.86. The fraction of sp³-hybridized carbons (Fsp3) is 0.154. The zero-order chi connectivity index (χ0) is 35.8. The topological polar surface area (TPSA) is 26.0 Å². The molecule has 0 heterocycles. The maximum absolute atomic E-state index is 5.94. The van der Waals surface area contributed by atoms with E-state index in [1.54, 1.807) is 0 Å². The molecule has 0 radical (unpaired) electrons. The van der Waals surface area contributed by atoms with Crippen LogP contribution in [0.5, 0.6) is 0 Å². The summed E-state index contributed by atoms with van der Waals surface area (Å²) in [5.74, 6) is 0. The standard InChI is InChI=1S/C52H45N/c1-2-3-9-36-15-25-46(26-16-36)52(47-27-17-37(18-28-47)10-8-31-53)50-34-44(42-21-19-38-11-4-6-13-40(38)32-42)23-29-48(50)49-30-24-45(35-51(49)52)43-22-20-39-12-5-7-14-41(39)33-43/h4-7,11-30,32-35H,2-3,8-10,31,53H2,1H3. The van der Waals surface area contributed by atoms with Crippen LogP contribution in [0, 0.1) is 0 Å². The van der Waals surface area contributed by atoms with E-state index in [2.05, 4.69) is 177 Å². The molecule has 9 rings (SSSR count). The van der Waals surface area contributed by atoms with E-state index in [4.69, 9.17) is 5.73 Å². The zero-order valence-corrected chi connectivity index (χ0v) is 30.5. The van der Waals surface area contributed by atoms with Crippen LogP contribution in [0.2, 0.25) is 0 Å². The van der Waals surface area contributed by atoms with Gasteiger partial charge in [-0.1, -0.05) is 159 Å². The maximum atomic E-state index is 5.94. The highest BCUT2D eigenvalue weighted by atomic mass is 14.5. The van der Waals surface area contributed by atoms with Crippen LogP contribution in [0.25, 0.3) is 54.9 Å². The van der Waals surface area contributed by atoms with Crippen LogP contribution < -0.4 is 5.73 Å². The van der Waals surface area contributed by atoms with Crippen molar-refractivity contribution in [3.05, 3.63) is 203 Å². The summed E-state index contributed by atoms with van der Waals surface area (Å²) >= 11 is 0. The quantitative estimate of drug-likeness (QED) is 0.153. The van der Waals surface area contributed by atoms with Gasteiger partial charge in [0.2, 0.25) is 0 Å². The number of nitrogens with two attached hydrogens (primary N) is 1. The van der Waals surface area contributed by atoms with Gasteiger partial charge in [-0.15, -0.1) is 0 Å². The molecule has 1 heteroatoms. The largest absolute Gasteiger partial charge is 0.330 e. The van der Waals surface area contributed by atoms with Gasteiger partial charge in [0, 0.05) is 0 Å². The van der Waals surface area contributed by atoms with Crippen LogP contribution in [0.15, 0.2) is 170 Å². The van der Waals surface area contributed by atoms with Gasteiger partial charge in [0.05, 0.1) is 5.41 Å². The number of fused-ring (bicyclic) bond motifs is 5. The number of hydrogen-bond acceptors (Lipinski definition) is 1. The van der Waals surface area contributed by atoms with E-state index in [1.807, 2.05) is 0 Å². The van der Waals surface area contributed by atoms with Crippen molar-refractivity contribution >= 4 is 21.5 Å². The molecule has 0 unspecified atom stereocenters. The van der Waals surface area contributed by atoms with Gasteiger partial charge in [-0.3, -0.25) is 0 Å². The van der Waals surface area contributed by atoms with Crippen molar-refractivity contribution in [3.63, 3.8) is 0 Å². The summed E-state index contributed by atoms with van der Waals surface area (Å²) in [5.41, 5.74) is 21.0. The Morgan fingerprint density at radius 1 is 0.415 bits per heavy atom. The van der Waals surface area contributed by atoms with E-state index in [-0.39, 0.29) is 0 Å². The fourth-order valence-electron chi connectivity index (χ4n) is 8.74. The van der Waals surface area contributed by atoms with Crippen LogP contribution in [-0.4, -0.2) is 6.54 Å². The minimum Gasteiger partial charge on any atom is -0.330 e. The molecule has 1 aliphatic rings. The first-order chi connectivity index (χ1) is 26.1. The molecule has 0 saturated carbocycles. The average molecular weight is 684 g/mol. The molecule has 0 saturated heterocycles. The predicted molar refractivity (Wildman–Crippen MR) is 226 cm³/mol. The minimum atomic E-state index is -0.514. The van der Waals surface area contributed by atoms with Crippen molar-refractivity contribution in [2.24, 2.45) is 5.73 Å². The number of hydrogen-bond donors (Lipinski definition) is 1. The van der Waals surface area contributed by atoms with E-state index in [0.717, 1.165) is 19.3 Å². The van der Waals surface area contributed by atoms with Gasteiger partial charge in [0.1, 0.15) is 0 Å². The first-order valence-electron chi connectivity index (χ1n) is 19.3. The van der Waals surface area contributed by atoms with Gasteiger partial charge in [0.25, 0.3) is 0 Å². The van der Waals surface area contributed by atoms with Gasteiger partial charge < -0.3 is 5.73 Å². The normalized spacial score (nSPS) is 12.9. The van der Waals surface area contributed by atoms with Gasteiger partial charge >= 0.3 is 0 Å². The van der Waals surface area contributed by atoms with Crippen molar-refractivity contribution in [3.8, 4) is 33.4 Å². The van der Waals surface area contributed by atoms with E-state index in [0.29, 0.717) is 6.54 Å². The molecule has 0 bridgehead atoms. The van der Waals surface area contributed by atoms with Crippen molar-refractivity contribution in [1.29, 1.82) is 0 Å². The lowest BCUT2D eigenvalue weighted by molar-refractivity contribution is 0.761. The molecule has 53 heavy (non-hydrogen) atoms. The van der Waals surface area contributed by atoms with E-state index in [1.165, 1.54) is 101 Å². The number of benzene rings is 8. The molecule has 0 spiro atoms. The van der Waals surface area contributed by atoms with Crippen molar-refractivity contribution < 1.29 is 0 Å².